The van der Waals surface area contributed by atoms with Crippen LogP contribution in [0, 0.1) is 0 Å². The van der Waals surface area contributed by atoms with Gasteiger partial charge in [-0.3, -0.25) is 14.2 Å². The first-order valence-electron chi connectivity index (χ1n) is 16.3. The predicted octanol–water partition coefficient (Wildman–Crippen LogP) is 6.38. The van der Waals surface area contributed by atoms with Crippen molar-refractivity contribution in [3.63, 3.8) is 0 Å². The molecular weight excluding hydrogens is 614 g/mol. The zero-order valence-electron chi connectivity index (χ0n) is 27.1. The lowest BCUT2D eigenvalue weighted by atomic mass is 9.81. The van der Waals surface area contributed by atoms with Gasteiger partial charge in [0.15, 0.2) is 0 Å². The van der Waals surface area contributed by atoms with Crippen LogP contribution in [-0.4, -0.2) is 66.9 Å². The molecule has 3 aliphatic rings. The van der Waals surface area contributed by atoms with E-state index in [-0.39, 0.29) is 11.6 Å². The summed E-state index contributed by atoms with van der Waals surface area (Å²) in [6.07, 6.45) is 12.2. The molecule has 1 unspecified atom stereocenters. The van der Waals surface area contributed by atoms with Crippen LogP contribution in [0.25, 0.3) is 33.8 Å². The number of hydrogen-bond acceptors (Lipinski definition) is 5. The van der Waals surface area contributed by atoms with E-state index in [0.29, 0.717) is 29.5 Å². The Morgan fingerprint density at radius 2 is 1.81 bits per heavy atom. The highest BCUT2D eigenvalue weighted by atomic mass is 32.2. The second kappa shape index (κ2) is 12.0. The van der Waals surface area contributed by atoms with Crippen molar-refractivity contribution in [3.8, 4) is 17.0 Å². The van der Waals surface area contributed by atoms with Gasteiger partial charge in [-0.2, -0.15) is 5.10 Å². The highest BCUT2D eigenvalue weighted by molar-refractivity contribution is 7.96. The fraction of sp³-hybridized carbons (Fsp3) is 0.389. The van der Waals surface area contributed by atoms with Crippen molar-refractivity contribution < 1.29 is 23.6 Å². The maximum absolute atomic E-state index is 13.5. The van der Waals surface area contributed by atoms with Gasteiger partial charge in [0.05, 0.1) is 37.3 Å². The number of nitrogens with one attached hydrogen (secondary N) is 1. The van der Waals surface area contributed by atoms with Crippen molar-refractivity contribution in [2.45, 2.75) is 69.9 Å². The fourth-order valence-electron chi connectivity index (χ4n) is 7.37. The van der Waals surface area contributed by atoms with Crippen molar-refractivity contribution in [2.24, 2.45) is 0 Å². The third-order valence-corrected chi connectivity index (χ3v) is 11.8. The average Bonchev–Trinajstić information content (AvgIpc) is 3.54. The SMILES string of the molecule is C=S(=O)(NC(=O)c1ccc2c(C3CCCCC3)c3n(c2c1)CC(c1c(C(=O)O)cnn1C1CCC1)=Cc1cc(OC)ccc1-3)N(C)C. The van der Waals surface area contributed by atoms with Gasteiger partial charge >= 0.3 is 5.97 Å². The van der Waals surface area contributed by atoms with E-state index in [9.17, 15) is 18.9 Å². The van der Waals surface area contributed by atoms with Crippen molar-refractivity contribution >= 4 is 50.2 Å². The normalized spacial score (nSPS) is 18.1. The van der Waals surface area contributed by atoms with Crippen LogP contribution in [0.15, 0.2) is 42.6 Å². The maximum atomic E-state index is 13.5. The fourth-order valence-corrected chi connectivity index (χ4v) is 7.96. The van der Waals surface area contributed by atoms with E-state index in [4.69, 9.17) is 4.74 Å². The quantitative estimate of drug-likeness (QED) is 0.213. The molecular formula is C36H41N5O5S. The summed E-state index contributed by atoms with van der Waals surface area (Å²) in [7, 11) is 1.87. The number of rotatable bonds is 8. The van der Waals surface area contributed by atoms with Crippen molar-refractivity contribution in [1.29, 1.82) is 0 Å². The number of aromatic nitrogens is 3. The lowest BCUT2D eigenvalue weighted by Gasteiger charge is -2.28. The molecule has 10 nitrogen and oxygen atoms in total. The van der Waals surface area contributed by atoms with E-state index in [0.717, 1.165) is 78.2 Å². The number of carbonyl (C=O) groups excluding carboxylic acids is 1. The number of methoxy groups -OCH3 is 1. The first kappa shape index (κ1) is 31.3. The largest absolute Gasteiger partial charge is 0.497 e. The van der Waals surface area contributed by atoms with E-state index in [1.54, 1.807) is 27.3 Å². The van der Waals surface area contributed by atoms with Crippen molar-refractivity contribution in [1.82, 2.24) is 23.4 Å². The van der Waals surface area contributed by atoms with Gasteiger partial charge in [0.2, 0.25) is 0 Å². The lowest BCUT2D eigenvalue weighted by molar-refractivity contribution is 0.0696. The molecule has 1 amide bonds. The molecule has 246 valence electrons. The van der Waals surface area contributed by atoms with E-state index in [2.05, 4.69) is 32.4 Å². The smallest absolute Gasteiger partial charge is 0.339 e. The minimum absolute atomic E-state index is 0.148. The first-order chi connectivity index (χ1) is 22.6. The number of allylic oxidation sites excluding steroid dienone is 1. The minimum atomic E-state index is -3.00. The van der Waals surface area contributed by atoms with Crippen LogP contribution < -0.4 is 9.46 Å². The van der Waals surface area contributed by atoms with Gasteiger partial charge in [0.25, 0.3) is 5.91 Å². The average molecular weight is 656 g/mol. The molecule has 47 heavy (non-hydrogen) atoms. The lowest BCUT2D eigenvalue weighted by Crippen LogP contribution is -2.39. The molecule has 7 rings (SSSR count). The molecule has 2 aliphatic carbocycles. The number of nitrogens with zero attached hydrogens (tertiary/aromatic N) is 4. The van der Waals surface area contributed by atoms with Crippen LogP contribution in [0.3, 0.4) is 0 Å². The zero-order valence-corrected chi connectivity index (χ0v) is 27.9. The van der Waals surface area contributed by atoms with E-state index in [1.807, 2.05) is 28.9 Å². The summed E-state index contributed by atoms with van der Waals surface area (Å²) in [5.41, 5.74) is 7.17. The molecule has 2 fully saturated rings. The number of carboxylic acid groups (broad SMARTS) is 1. The van der Waals surface area contributed by atoms with E-state index >= 15 is 0 Å². The second-order valence-electron chi connectivity index (χ2n) is 13.2. The van der Waals surface area contributed by atoms with Crippen LogP contribution >= 0.6 is 0 Å². The number of aromatic carboxylic acids is 1. The Kier molecular flexibility index (Phi) is 8.00. The molecule has 3 heterocycles. The number of carbonyl (C=O) groups is 2. The van der Waals surface area contributed by atoms with Crippen molar-refractivity contribution in [3.05, 3.63) is 70.5 Å². The monoisotopic (exact) mass is 655 g/mol. The summed E-state index contributed by atoms with van der Waals surface area (Å²) >= 11 is 0. The Bertz CT molecular complexity index is 2040. The number of ether oxygens (including phenoxy) is 1. The Balaban J connectivity index is 1.49. The Labute approximate surface area is 275 Å². The first-order valence-corrected chi connectivity index (χ1v) is 18.0. The number of amides is 1. The molecule has 0 bridgehead atoms. The number of fused-ring (bicyclic) bond motifs is 5. The number of benzene rings is 2. The molecule has 0 radical (unpaired) electrons. The van der Waals surface area contributed by atoms with Gasteiger partial charge in [0, 0.05) is 36.1 Å². The summed E-state index contributed by atoms with van der Waals surface area (Å²) in [5.74, 6) is 3.28. The summed E-state index contributed by atoms with van der Waals surface area (Å²) in [5, 5.41) is 16.0. The molecule has 2 N–H and O–H groups in total. The topological polar surface area (TPSA) is 119 Å². The summed E-state index contributed by atoms with van der Waals surface area (Å²) in [4.78, 5) is 26.1. The number of hydrogen-bond donors (Lipinski definition) is 2. The molecule has 2 aromatic carbocycles. The Morgan fingerprint density at radius 3 is 2.47 bits per heavy atom. The maximum Gasteiger partial charge on any atom is 0.339 e. The summed E-state index contributed by atoms with van der Waals surface area (Å²) in [6, 6.07) is 11.9. The molecule has 2 saturated carbocycles. The molecule has 2 aromatic heterocycles. The van der Waals surface area contributed by atoms with Gasteiger partial charge in [-0.1, -0.05) is 25.3 Å². The minimum Gasteiger partial charge on any atom is -0.497 e. The highest BCUT2D eigenvalue weighted by Crippen LogP contribution is 2.48. The van der Waals surface area contributed by atoms with Crippen LogP contribution in [0.2, 0.25) is 0 Å². The van der Waals surface area contributed by atoms with Gasteiger partial charge in [-0.05, 0) is 97.0 Å². The molecule has 11 heteroatoms. The third-order valence-electron chi connectivity index (χ3n) is 10.1. The molecule has 4 aromatic rings. The van der Waals surface area contributed by atoms with Gasteiger partial charge < -0.3 is 14.4 Å². The van der Waals surface area contributed by atoms with Gasteiger partial charge in [0.1, 0.15) is 21.2 Å². The highest BCUT2D eigenvalue weighted by Gasteiger charge is 2.33. The standard InChI is InChI=1S/C36H41N5O5S/c1-39(2)47(4,45)38-35(42)23-13-15-29-31(19-23)40-21-25(33-30(36(43)44)20-37-41(33)26-11-8-12-26)17-24-18-27(46-3)14-16-28(24)34(40)32(29)22-9-6-5-7-10-22/h13-20,22,26H,4-12,21H2,1-3H3,(H,43,44)(H,38,42,45). The second-order valence-corrected chi connectivity index (χ2v) is 15.4. The van der Waals surface area contributed by atoms with Crippen LogP contribution in [0.4, 0.5) is 0 Å². The Hall–Kier alpha value is -4.35. The van der Waals surface area contributed by atoms with Crippen LogP contribution in [-0.2, 0) is 16.4 Å². The van der Waals surface area contributed by atoms with Crippen LogP contribution in [0.1, 0.15) is 101 Å². The zero-order chi connectivity index (χ0) is 33.0. The predicted molar refractivity (Wildman–Crippen MR) is 186 cm³/mol. The molecule has 0 saturated heterocycles. The number of carboxylic acids is 1. The third kappa shape index (κ3) is 5.45. The molecule has 1 aliphatic heterocycles. The van der Waals surface area contributed by atoms with Crippen molar-refractivity contribution in [2.75, 3.05) is 21.2 Å². The Morgan fingerprint density at radius 1 is 1.04 bits per heavy atom. The van der Waals surface area contributed by atoms with E-state index in [1.165, 1.54) is 22.5 Å². The van der Waals surface area contributed by atoms with Crippen LogP contribution in [0.5, 0.6) is 5.75 Å². The summed E-state index contributed by atoms with van der Waals surface area (Å²) in [6.45, 7) is 0.378. The molecule has 1 atom stereocenters. The van der Waals surface area contributed by atoms with Gasteiger partial charge in [-0.15, -0.1) is 0 Å². The molecule has 0 spiro atoms. The van der Waals surface area contributed by atoms with Gasteiger partial charge in [-0.25, -0.2) is 13.3 Å². The summed E-state index contributed by atoms with van der Waals surface area (Å²) < 4.78 is 26.8. The van der Waals surface area contributed by atoms with E-state index < -0.39 is 21.8 Å².